The smallest absolute Gasteiger partial charge is 0.417 e. The van der Waals surface area contributed by atoms with Crippen molar-refractivity contribution in [3.63, 3.8) is 0 Å². The number of hydrogen-bond acceptors (Lipinski definition) is 4. The fraction of sp³-hybridized carbons (Fsp3) is 0.500. The van der Waals surface area contributed by atoms with Crippen LogP contribution >= 0.6 is 0 Å². The molecule has 9 heteroatoms. The minimum Gasteiger partial charge on any atom is -0.474 e. The van der Waals surface area contributed by atoms with Crippen molar-refractivity contribution in [1.29, 1.82) is 0 Å². The standard InChI is InChI=1S/C22H27F3N2O3S/c1-13-11-14(2)16(4)21(15(13)3)31(28,29)27-18-6-8-19(9-7-18)30-20-10-5-17(12-26-20)22(23,24)25/h5,10-12,18-19,27H,6-9H2,1-4H3. The molecule has 1 N–H and O–H groups in total. The highest BCUT2D eigenvalue weighted by Gasteiger charge is 2.32. The van der Waals surface area contributed by atoms with Gasteiger partial charge in [0.2, 0.25) is 15.9 Å². The van der Waals surface area contributed by atoms with E-state index >= 15 is 0 Å². The minimum absolute atomic E-state index is 0.138. The number of rotatable bonds is 5. The lowest BCUT2D eigenvalue weighted by atomic mass is 9.94. The molecule has 3 rings (SSSR count). The topological polar surface area (TPSA) is 68.3 Å². The quantitative estimate of drug-likeness (QED) is 0.687. The van der Waals surface area contributed by atoms with Crippen molar-refractivity contribution in [3.05, 3.63) is 52.2 Å². The summed E-state index contributed by atoms with van der Waals surface area (Å²) in [4.78, 5) is 4.08. The Kier molecular flexibility index (Phi) is 6.67. The molecule has 170 valence electrons. The van der Waals surface area contributed by atoms with E-state index in [2.05, 4.69) is 9.71 Å². The summed E-state index contributed by atoms with van der Waals surface area (Å²) in [5, 5.41) is 0. The van der Waals surface area contributed by atoms with Gasteiger partial charge in [-0.2, -0.15) is 13.2 Å². The first-order valence-electron chi connectivity index (χ1n) is 10.2. The molecule has 0 aliphatic heterocycles. The Morgan fingerprint density at radius 2 is 1.58 bits per heavy atom. The van der Waals surface area contributed by atoms with E-state index in [1.807, 2.05) is 33.8 Å². The zero-order valence-corrected chi connectivity index (χ0v) is 18.8. The number of aromatic nitrogens is 1. The lowest BCUT2D eigenvalue weighted by Crippen LogP contribution is -2.40. The maximum atomic E-state index is 13.1. The summed E-state index contributed by atoms with van der Waals surface area (Å²) in [6, 6.07) is 3.92. The number of nitrogens with one attached hydrogen (secondary N) is 1. The van der Waals surface area contributed by atoms with E-state index in [0.717, 1.165) is 34.5 Å². The van der Waals surface area contributed by atoms with Crippen LogP contribution in [-0.4, -0.2) is 25.5 Å². The second-order valence-corrected chi connectivity index (χ2v) is 9.84. The van der Waals surface area contributed by atoms with Gasteiger partial charge in [0.1, 0.15) is 6.10 Å². The Bertz CT molecular complexity index is 1020. The van der Waals surface area contributed by atoms with Gasteiger partial charge in [-0.25, -0.2) is 18.1 Å². The van der Waals surface area contributed by atoms with Crippen LogP contribution in [0.15, 0.2) is 29.3 Å². The molecular weight excluding hydrogens is 429 g/mol. The number of alkyl halides is 3. The lowest BCUT2D eigenvalue weighted by molar-refractivity contribution is -0.137. The number of halogens is 3. The average molecular weight is 457 g/mol. The molecule has 1 aliphatic carbocycles. The van der Waals surface area contributed by atoms with E-state index in [1.54, 1.807) is 0 Å². The van der Waals surface area contributed by atoms with E-state index in [4.69, 9.17) is 4.74 Å². The van der Waals surface area contributed by atoms with E-state index in [-0.39, 0.29) is 18.0 Å². The summed E-state index contributed by atoms with van der Waals surface area (Å²) in [6.45, 7) is 7.44. The fourth-order valence-electron chi connectivity index (χ4n) is 3.95. The average Bonchev–Trinajstić information content (AvgIpc) is 2.67. The van der Waals surface area contributed by atoms with Gasteiger partial charge in [-0.3, -0.25) is 0 Å². The Morgan fingerprint density at radius 3 is 2.06 bits per heavy atom. The first-order valence-corrected chi connectivity index (χ1v) is 11.7. The van der Waals surface area contributed by atoms with Gasteiger partial charge in [0.25, 0.3) is 0 Å². The predicted octanol–water partition coefficient (Wildman–Crippen LogP) is 5.00. The highest BCUT2D eigenvalue weighted by atomic mass is 32.2. The monoisotopic (exact) mass is 456 g/mol. The molecule has 1 aromatic heterocycles. The summed E-state index contributed by atoms with van der Waals surface area (Å²) >= 11 is 0. The van der Waals surface area contributed by atoms with E-state index in [0.29, 0.717) is 30.6 Å². The van der Waals surface area contributed by atoms with E-state index in [9.17, 15) is 21.6 Å². The van der Waals surface area contributed by atoms with Crippen molar-refractivity contribution >= 4 is 10.0 Å². The van der Waals surface area contributed by atoms with Crippen molar-refractivity contribution < 1.29 is 26.3 Å². The number of sulfonamides is 1. The van der Waals surface area contributed by atoms with Crippen molar-refractivity contribution in [1.82, 2.24) is 9.71 Å². The van der Waals surface area contributed by atoms with Gasteiger partial charge < -0.3 is 4.74 Å². The van der Waals surface area contributed by atoms with Crippen LogP contribution in [0.4, 0.5) is 13.2 Å². The summed E-state index contributed by atoms with van der Waals surface area (Å²) < 4.78 is 72.6. The number of ether oxygens (including phenoxy) is 1. The maximum absolute atomic E-state index is 13.1. The number of pyridine rings is 1. The molecule has 0 saturated heterocycles. The second-order valence-electron chi connectivity index (χ2n) is 8.19. The van der Waals surface area contributed by atoms with Gasteiger partial charge in [0.15, 0.2) is 0 Å². The fourth-order valence-corrected chi connectivity index (χ4v) is 5.87. The van der Waals surface area contributed by atoms with Crippen LogP contribution < -0.4 is 9.46 Å². The van der Waals surface area contributed by atoms with Crippen LogP contribution in [0, 0.1) is 27.7 Å². The van der Waals surface area contributed by atoms with Gasteiger partial charge in [0, 0.05) is 18.3 Å². The molecule has 1 aromatic carbocycles. The summed E-state index contributed by atoms with van der Waals surface area (Å²) in [6.07, 6.45) is -1.58. The minimum atomic E-state index is -4.44. The Labute approximate surface area is 181 Å². The van der Waals surface area contributed by atoms with Gasteiger partial charge in [-0.05, 0) is 81.7 Å². The molecule has 1 saturated carbocycles. The highest BCUT2D eigenvalue weighted by molar-refractivity contribution is 7.89. The van der Waals surface area contributed by atoms with Crippen molar-refractivity contribution in [3.8, 4) is 5.88 Å². The molecule has 0 bridgehead atoms. The third-order valence-corrected chi connectivity index (χ3v) is 7.71. The van der Waals surface area contributed by atoms with Gasteiger partial charge in [-0.1, -0.05) is 6.07 Å². The first-order chi connectivity index (χ1) is 14.4. The molecule has 0 radical (unpaired) electrons. The molecule has 5 nitrogen and oxygen atoms in total. The van der Waals surface area contributed by atoms with Crippen LogP contribution in [0.5, 0.6) is 5.88 Å². The number of hydrogen-bond donors (Lipinski definition) is 1. The molecule has 0 spiro atoms. The van der Waals surface area contributed by atoms with Gasteiger partial charge >= 0.3 is 6.18 Å². The zero-order chi connectivity index (χ0) is 23.0. The van der Waals surface area contributed by atoms with Gasteiger partial charge in [0.05, 0.1) is 10.5 Å². The largest absolute Gasteiger partial charge is 0.474 e. The number of aryl methyl sites for hydroxylation is 2. The third kappa shape index (κ3) is 5.38. The van der Waals surface area contributed by atoms with Crippen LogP contribution in [0.2, 0.25) is 0 Å². The molecular formula is C22H27F3N2O3S. The third-order valence-electron chi connectivity index (χ3n) is 5.91. The second kappa shape index (κ2) is 8.78. The lowest BCUT2D eigenvalue weighted by Gasteiger charge is -2.29. The Balaban J connectivity index is 1.62. The van der Waals surface area contributed by atoms with Crippen LogP contribution in [0.3, 0.4) is 0 Å². The van der Waals surface area contributed by atoms with Crippen molar-refractivity contribution in [2.45, 2.75) is 76.6 Å². The first kappa shape index (κ1) is 23.5. The molecule has 1 aliphatic rings. The Hall–Kier alpha value is -2.13. The van der Waals surface area contributed by atoms with Crippen molar-refractivity contribution in [2.24, 2.45) is 0 Å². The van der Waals surface area contributed by atoms with Crippen LogP contribution in [0.1, 0.15) is 53.5 Å². The molecule has 0 unspecified atom stereocenters. The number of benzene rings is 1. The van der Waals surface area contributed by atoms with Gasteiger partial charge in [-0.15, -0.1) is 0 Å². The molecule has 2 aromatic rings. The summed E-state index contributed by atoms with van der Waals surface area (Å²) in [5.41, 5.74) is 2.55. The summed E-state index contributed by atoms with van der Waals surface area (Å²) in [5.74, 6) is 0.138. The van der Waals surface area contributed by atoms with Crippen LogP contribution in [-0.2, 0) is 16.2 Å². The van der Waals surface area contributed by atoms with E-state index < -0.39 is 21.8 Å². The van der Waals surface area contributed by atoms with Crippen LogP contribution in [0.25, 0.3) is 0 Å². The zero-order valence-electron chi connectivity index (χ0n) is 18.0. The molecule has 31 heavy (non-hydrogen) atoms. The van der Waals surface area contributed by atoms with Crippen molar-refractivity contribution in [2.75, 3.05) is 0 Å². The van der Waals surface area contributed by atoms with E-state index in [1.165, 1.54) is 6.07 Å². The molecule has 1 fully saturated rings. The summed E-state index contributed by atoms with van der Waals surface area (Å²) in [7, 11) is -3.67. The normalized spacial score (nSPS) is 20.0. The molecule has 0 amide bonds. The number of nitrogens with zero attached hydrogens (tertiary/aromatic N) is 1. The molecule has 0 atom stereocenters. The predicted molar refractivity (Wildman–Crippen MR) is 112 cm³/mol. The maximum Gasteiger partial charge on any atom is 0.417 e. The molecule has 1 heterocycles. The SMILES string of the molecule is Cc1cc(C)c(C)c(S(=O)(=O)NC2CCC(Oc3ccc(C(F)(F)F)cn3)CC2)c1C. The Morgan fingerprint density at radius 1 is 1.00 bits per heavy atom. The highest BCUT2D eigenvalue weighted by Crippen LogP contribution is 2.31.